The molecule has 1 unspecified atom stereocenters. The minimum Gasteiger partial charge on any atom is -0.497 e. The molecule has 172 valence electrons. The Labute approximate surface area is 193 Å². The van der Waals surface area contributed by atoms with Gasteiger partial charge in [0.1, 0.15) is 29.9 Å². The molecule has 1 aromatic heterocycles. The Kier molecular flexibility index (Phi) is 6.68. The summed E-state index contributed by atoms with van der Waals surface area (Å²) in [7, 11) is 1.59. The molecule has 2 aromatic carbocycles. The molecule has 7 heteroatoms. The normalized spacial score (nSPS) is 15.4. The molecule has 1 aliphatic heterocycles. The second-order valence-electron chi connectivity index (χ2n) is 8.20. The number of carbonyl (C=O) groups is 2. The molecule has 33 heavy (non-hydrogen) atoms. The van der Waals surface area contributed by atoms with Crippen molar-refractivity contribution in [3.63, 3.8) is 0 Å². The molecule has 1 fully saturated rings. The molecular weight excluding hydrogens is 420 g/mol. The first kappa shape index (κ1) is 22.5. The Bertz CT molecular complexity index is 1140. The Morgan fingerprint density at radius 1 is 1.09 bits per heavy atom. The lowest BCUT2D eigenvalue weighted by Crippen LogP contribution is -2.43. The highest BCUT2D eigenvalue weighted by Crippen LogP contribution is 2.25. The third-order valence-electron chi connectivity index (χ3n) is 5.75. The maximum Gasteiger partial charge on any atom is 0.290 e. The van der Waals surface area contributed by atoms with Crippen LogP contribution in [0, 0.1) is 13.8 Å². The zero-order valence-electron chi connectivity index (χ0n) is 19.1. The number of nitrogens with zero attached hydrogens (tertiary/aromatic N) is 1. The number of carbonyl (C=O) groups excluding carboxylic acids is 2. The summed E-state index contributed by atoms with van der Waals surface area (Å²) < 4.78 is 16.7. The number of amides is 2. The second kappa shape index (κ2) is 9.81. The molecule has 0 spiro atoms. The summed E-state index contributed by atoms with van der Waals surface area (Å²) in [6.07, 6.45) is 1.37. The van der Waals surface area contributed by atoms with Crippen LogP contribution in [0.3, 0.4) is 0 Å². The summed E-state index contributed by atoms with van der Waals surface area (Å²) in [6, 6.07) is 15.9. The topological polar surface area (TPSA) is 81.0 Å². The van der Waals surface area contributed by atoms with E-state index in [2.05, 4.69) is 11.4 Å². The van der Waals surface area contributed by atoms with Crippen LogP contribution in [0.15, 0.2) is 59.0 Å². The largest absolute Gasteiger partial charge is 0.497 e. The van der Waals surface area contributed by atoms with E-state index in [0.29, 0.717) is 30.2 Å². The third kappa shape index (κ3) is 5.19. The van der Waals surface area contributed by atoms with Crippen LogP contribution in [0.5, 0.6) is 11.5 Å². The highest BCUT2D eigenvalue weighted by atomic mass is 16.5. The number of aryl methyl sites for hydroxylation is 2. The maximum absolute atomic E-state index is 13.1. The predicted octanol–water partition coefficient (Wildman–Crippen LogP) is 4.73. The zero-order valence-corrected chi connectivity index (χ0v) is 19.1. The van der Waals surface area contributed by atoms with Crippen molar-refractivity contribution in [1.82, 2.24) is 4.90 Å². The molecule has 1 atom stereocenters. The second-order valence-corrected chi connectivity index (χ2v) is 8.20. The number of methoxy groups -OCH3 is 1. The molecule has 1 saturated heterocycles. The van der Waals surface area contributed by atoms with E-state index in [1.807, 2.05) is 26.0 Å². The van der Waals surface area contributed by atoms with Crippen molar-refractivity contribution < 1.29 is 23.5 Å². The van der Waals surface area contributed by atoms with Crippen molar-refractivity contribution in [2.75, 3.05) is 19.0 Å². The van der Waals surface area contributed by atoms with Gasteiger partial charge >= 0.3 is 0 Å². The Hall–Kier alpha value is -3.74. The van der Waals surface area contributed by atoms with E-state index in [-0.39, 0.29) is 24.2 Å². The number of benzene rings is 2. The van der Waals surface area contributed by atoms with E-state index in [9.17, 15) is 9.59 Å². The Morgan fingerprint density at radius 3 is 2.61 bits per heavy atom. The van der Waals surface area contributed by atoms with Gasteiger partial charge in [0, 0.05) is 12.2 Å². The lowest BCUT2D eigenvalue weighted by molar-refractivity contribution is -0.119. The number of rotatable bonds is 7. The average molecular weight is 449 g/mol. The van der Waals surface area contributed by atoms with Crippen LogP contribution in [0.2, 0.25) is 0 Å². The van der Waals surface area contributed by atoms with Crippen LogP contribution in [0.4, 0.5) is 5.69 Å². The summed E-state index contributed by atoms with van der Waals surface area (Å²) in [5, 5.41) is 2.89. The van der Waals surface area contributed by atoms with Gasteiger partial charge in [0.15, 0.2) is 5.76 Å². The highest BCUT2D eigenvalue weighted by Gasteiger charge is 2.35. The summed E-state index contributed by atoms with van der Waals surface area (Å²) in [5.41, 5.74) is 2.87. The molecule has 0 aliphatic carbocycles. The van der Waals surface area contributed by atoms with Crippen molar-refractivity contribution in [1.29, 1.82) is 0 Å². The number of anilines is 1. The summed E-state index contributed by atoms with van der Waals surface area (Å²) >= 11 is 0. The number of hydrogen-bond acceptors (Lipinski definition) is 5. The predicted molar refractivity (Wildman–Crippen MR) is 125 cm³/mol. The first-order chi connectivity index (χ1) is 15.9. The van der Waals surface area contributed by atoms with E-state index < -0.39 is 6.04 Å². The first-order valence-electron chi connectivity index (χ1n) is 11.0. The van der Waals surface area contributed by atoms with Gasteiger partial charge in [0.25, 0.3) is 5.91 Å². The Morgan fingerprint density at radius 2 is 1.88 bits per heavy atom. The summed E-state index contributed by atoms with van der Waals surface area (Å²) in [5.74, 6) is 1.74. The van der Waals surface area contributed by atoms with Crippen molar-refractivity contribution in [3.8, 4) is 11.5 Å². The van der Waals surface area contributed by atoms with Gasteiger partial charge in [-0.05, 0) is 74.7 Å². The van der Waals surface area contributed by atoms with Crippen molar-refractivity contribution >= 4 is 17.5 Å². The van der Waals surface area contributed by atoms with Gasteiger partial charge in [0.2, 0.25) is 5.91 Å². The molecule has 0 radical (unpaired) electrons. The van der Waals surface area contributed by atoms with Gasteiger partial charge in [-0.1, -0.05) is 17.7 Å². The number of hydrogen-bond donors (Lipinski definition) is 1. The molecule has 4 rings (SSSR count). The highest BCUT2D eigenvalue weighted by molar-refractivity contribution is 6.00. The minimum absolute atomic E-state index is 0.207. The fourth-order valence-electron chi connectivity index (χ4n) is 4.00. The van der Waals surface area contributed by atoms with E-state index in [0.717, 1.165) is 17.7 Å². The van der Waals surface area contributed by atoms with Gasteiger partial charge in [0.05, 0.1) is 7.11 Å². The van der Waals surface area contributed by atoms with E-state index in [1.165, 1.54) is 5.56 Å². The van der Waals surface area contributed by atoms with Crippen molar-refractivity contribution in [2.45, 2.75) is 39.3 Å². The molecule has 0 saturated carbocycles. The lowest BCUT2D eigenvalue weighted by atomic mass is 10.1. The van der Waals surface area contributed by atoms with Gasteiger partial charge in [-0.2, -0.15) is 0 Å². The molecule has 1 N–H and O–H groups in total. The quantitative estimate of drug-likeness (QED) is 0.565. The fraction of sp³-hybridized carbons (Fsp3) is 0.308. The van der Waals surface area contributed by atoms with Crippen LogP contribution in [0.25, 0.3) is 0 Å². The smallest absolute Gasteiger partial charge is 0.290 e. The number of likely N-dealkylation sites (tertiary alicyclic amines) is 1. The van der Waals surface area contributed by atoms with Crippen LogP contribution in [-0.2, 0) is 11.4 Å². The lowest BCUT2D eigenvalue weighted by Gasteiger charge is -2.23. The first-order valence-corrected chi connectivity index (χ1v) is 11.0. The molecule has 2 heterocycles. The van der Waals surface area contributed by atoms with E-state index in [4.69, 9.17) is 13.9 Å². The molecule has 1 aliphatic rings. The molecule has 2 amide bonds. The third-order valence-corrected chi connectivity index (χ3v) is 5.75. The van der Waals surface area contributed by atoms with Gasteiger partial charge in [-0.3, -0.25) is 9.59 Å². The van der Waals surface area contributed by atoms with Gasteiger partial charge in [-0.25, -0.2) is 0 Å². The van der Waals surface area contributed by atoms with Crippen LogP contribution in [-0.4, -0.2) is 36.4 Å². The molecule has 7 nitrogen and oxygen atoms in total. The zero-order chi connectivity index (χ0) is 23.4. The molecular formula is C26H28N2O5. The number of furan rings is 1. The van der Waals surface area contributed by atoms with Gasteiger partial charge < -0.3 is 24.1 Å². The van der Waals surface area contributed by atoms with Crippen LogP contribution >= 0.6 is 0 Å². The SMILES string of the molecule is COc1ccc(NC(=O)C2CCCN2C(=O)c2ccc(COc3ccc(C)cc3C)o2)cc1. The molecule has 3 aromatic rings. The van der Waals surface area contributed by atoms with Crippen molar-refractivity contribution in [3.05, 3.63) is 77.2 Å². The van der Waals surface area contributed by atoms with Crippen molar-refractivity contribution in [2.24, 2.45) is 0 Å². The van der Waals surface area contributed by atoms with Gasteiger partial charge in [-0.15, -0.1) is 0 Å². The minimum atomic E-state index is -0.542. The van der Waals surface area contributed by atoms with Crippen LogP contribution < -0.4 is 14.8 Å². The van der Waals surface area contributed by atoms with E-state index >= 15 is 0 Å². The standard InChI is InChI=1S/C26H28N2O5/c1-17-6-12-23(18(2)15-17)32-16-21-11-13-24(33-21)26(30)28-14-4-5-22(28)25(29)27-19-7-9-20(31-3)10-8-19/h6-13,15,22H,4-5,14,16H2,1-3H3,(H,27,29). The maximum atomic E-state index is 13.1. The average Bonchev–Trinajstić information content (AvgIpc) is 3.49. The summed E-state index contributed by atoms with van der Waals surface area (Å²) in [4.78, 5) is 27.5. The fourth-order valence-corrected chi connectivity index (χ4v) is 4.00. The molecule has 0 bridgehead atoms. The van der Waals surface area contributed by atoms with Crippen LogP contribution in [0.1, 0.15) is 40.3 Å². The monoisotopic (exact) mass is 448 g/mol. The number of nitrogens with one attached hydrogen (secondary N) is 1. The number of ether oxygens (including phenoxy) is 2. The Balaban J connectivity index is 1.38. The van der Waals surface area contributed by atoms with E-state index in [1.54, 1.807) is 48.4 Å². The summed E-state index contributed by atoms with van der Waals surface area (Å²) in [6.45, 7) is 4.75.